The molecule has 4 nitrogen and oxygen atoms in total. The third-order valence-electron chi connectivity index (χ3n) is 4.11. The minimum Gasteiger partial charge on any atom is -0.384 e. The Labute approximate surface area is 120 Å². The van der Waals surface area contributed by atoms with Crippen molar-refractivity contribution in [2.75, 3.05) is 44.6 Å². The highest BCUT2D eigenvalue weighted by Gasteiger charge is 2.22. The van der Waals surface area contributed by atoms with E-state index in [0.29, 0.717) is 0 Å². The Morgan fingerprint density at radius 1 is 1.30 bits per heavy atom. The summed E-state index contributed by atoms with van der Waals surface area (Å²) in [4.78, 5) is 16.8. The van der Waals surface area contributed by atoms with Crippen LogP contribution in [0.15, 0.2) is 30.9 Å². The molecule has 1 aromatic carbocycles. The van der Waals surface area contributed by atoms with E-state index in [4.69, 9.17) is 0 Å². The van der Waals surface area contributed by atoms with Crippen LogP contribution in [-0.2, 0) is 6.42 Å². The molecule has 1 N–H and O–H groups in total. The molecule has 0 atom stereocenters. The maximum atomic E-state index is 12.5. The first kappa shape index (κ1) is 13.2. The second-order valence-corrected chi connectivity index (χ2v) is 5.43. The Hall–Kier alpha value is -1.81. The molecule has 20 heavy (non-hydrogen) atoms. The van der Waals surface area contributed by atoms with Gasteiger partial charge in [0.2, 0.25) is 0 Å². The lowest BCUT2D eigenvalue weighted by Crippen LogP contribution is -2.48. The van der Waals surface area contributed by atoms with E-state index in [9.17, 15) is 4.79 Å². The van der Waals surface area contributed by atoms with Crippen LogP contribution in [0.1, 0.15) is 15.9 Å². The van der Waals surface area contributed by atoms with Gasteiger partial charge in [0.15, 0.2) is 0 Å². The molecule has 1 fully saturated rings. The van der Waals surface area contributed by atoms with Crippen molar-refractivity contribution in [3.63, 3.8) is 0 Å². The first-order chi connectivity index (χ1) is 9.78. The lowest BCUT2D eigenvalue weighted by molar-refractivity contribution is 0.0650. The van der Waals surface area contributed by atoms with Crippen LogP contribution in [0.3, 0.4) is 0 Å². The van der Waals surface area contributed by atoms with Crippen molar-refractivity contribution >= 4 is 11.6 Å². The van der Waals surface area contributed by atoms with Crippen LogP contribution in [0.5, 0.6) is 0 Å². The number of carbonyl (C=O) groups is 1. The van der Waals surface area contributed by atoms with Crippen LogP contribution in [-0.4, -0.2) is 55.0 Å². The number of rotatable bonds is 3. The molecule has 4 heteroatoms. The average molecular weight is 271 g/mol. The van der Waals surface area contributed by atoms with Crippen molar-refractivity contribution in [2.45, 2.75) is 6.42 Å². The molecule has 0 aliphatic carbocycles. The van der Waals surface area contributed by atoms with Gasteiger partial charge in [0.05, 0.1) is 0 Å². The predicted molar refractivity (Wildman–Crippen MR) is 81.2 cm³/mol. The predicted octanol–water partition coefficient (Wildman–Crippen LogP) is 1.60. The molecule has 0 spiro atoms. The summed E-state index contributed by atoms with van der Waals surface area (Å²) < 4.78 is 0. The van der Waals surface area contributed by atoms with E-state index in [1.54, 1.807) is 0 Å². The minimum absolute atomic E-state index is 0.153. The van der Waals surface area contributed by atoms with Gasteiger partial charge in [-0.2, -0.15) is 0 Å². The fourth-order valence-electron chi connectivity index (χ4n) is 2.92. The number of benzene rings is 1. The summed E-state index contributed by atoms with van der Waals surface area (Å²) in [7, 11) is 0. The number of carbonyl (C=O) groups excluding carboxylic acids is 1. The molecule has 106 valence electrons. The highest BCUT2D eigenvalue weighted by atomic mass is 16.2. The molecule has 1 amide bonds. The first-order valence-electron chi connectivity index (χ1n) is 7.27. The summed E-state index contributed by atoms with van der Waals surface area (Å²) >= 11 is 0. The maximum absolute atomic E-state index is 12.5. The molecular weight excluding hydrogens is 250 g/mol. The number of piperazine rings is 1. The fourth-order valence-corrected chi connectivity index (χ4v) is 2.92. The van der Waals surface area contributed by atoms with E-state index in [0.717, 1.165) is 56.9 Å². The summed E-state index contributed by atoms with van der Waals surface area (Å²) in [5, 5.41) is 3.33. The number of hydrogen-bond donors (Lipinski definition) is 1. The lowest BCUT2D eigenvalue weighted by Gasteiger charge is -2.34. The van der Waals surface area contributed by atoms with Crippen LogP contribution >= 0.6 is 0 Å². The zero-order valence-corrected chi connectivity index (χ0v) is 11.8. The highest BCUT2D eigenvalue weighted by molar-refractivity contribution is 5.95. The molecule has 3 rings (SSSR count). The Morgan fingerprint density at radius 2 is 2.10 bits per heavy atom. The van der Waals surface area contributed by atoms with E-state index in [1.165, 1.54) is 5.56 Å². The summed E-state index contributed by atoms with van der Waals surface area (Å²) in [6.45, 7) is 9.12. The van der Waals surface area contributed by atoms with E-state index >= 15 is 0 Å². The van der Waals surface area contributed by atoms with Crippen LogP contribution < -0.4 is 5.32 Å². The van der Waals surface area contributed by atoms with Crippen LogP contribution in [0.2, 0.25) is 0 Å². The molecule has 0 aromatic heterocycles. The SMILES string of the molecule is C=CCN1CCN(C(=O)c2ccc3c(c2)NCC3)CC1. The normalized spacial score (nSPS) is 18.5. The van der Waals surface area contributed by atoms with Gasteiger partial charge in [0, 0.05) is 50.5 Å². The number of anilines is 1. The number of hydrogen-bond acceptors (Lipinski definition) is 3. The fraction of sp³-hybridized carbons (Fsp3) is 0.438. The second-order valence-electron chi connectivity index (χ2n) is 5.43. The average Bonchev–Trinajstić information content (AvgIpc) is 2.95. The van der Waals surface area contributed by atoms with Gasteiger partial charge in [0.25, 0.3) is 5.91 Å². The van der Waals surface area contributed by atoms with Crippen molar-refractivity contribution in [2.24, 2.45) is 0 Å². The Kier molecular flexibility index (Phi) is 3.74. The van der Waals surface area contributed by atoms with Gasteiger partial charge in [-0.1, -0.05) is 12.1 Å². The van der Waals surface area contributed by atoms with Crippen LogP contribution in [0.25, 0.3) is 0 Å². The zero-order valence-electron chi connectivity index (χ0n) is 11.8. The monoisotopic (exact) mass is 271 g/mol. The molecule has 0 saturated carbocycles. The van der Waals surface area contributed by atoms with Gasteiger partial charge in [-0.3, -0.25) is 9.69 Å². The molecule has 0 bridgehead atoms. The third kappa shape index (κ3) is 2.56. The number of nitrogens with zero attached hydrogens (tertiary/aromatic N) is 2. The van der Waals surface area contributed by atoms with Gasteiger partial charge < -0.3 is 10.2 Å². The quantitative estimate of drug-likeness (QED) is 0.848. The first-order valence-corrected chi connectivity index (χ1v) is 7.27. The van der Waals surface area contributed by atoms with Crippen molar-refractivity contribution < 1.29 is 4.79 Å². The summed E-state index contributed by atoms with van der Waals surface area (Å²) in [5.41, 5.74) is 3.24. The van der Waals surface area contributed by atoms with Gasteiger partial charge >= 0.3 is 0 Å². The second kappa shape index (κ2) is 5.67. The minimum atomic E-state index is 0.153. The van der Waals surface area contributed by atoms with E-state index in [1.807, 2.05) is 23.1 Å². The molecular formula is C16H21N3O. The topological polar surface area (TPSA) is 35.6 Å². The van der Waals surface area contributed by atoms with Gasteiger partial charge in [-0.25, -0.2) is 0 Å². The molecule has 2 heterocycles. The van der Waals surface area contributed by atoms with Gasteiger partial charge in [-0.05, 0) is 24.1 Å². The highest BCUT2D eigenvalue weighted by Crippen LogP contribution is 2.24. The van der Waals surface area contributed by atoms with Crippen molar-refractivity contribution in [1.82, 2.24) is 9.80 Å². The number of amides is 1. The smallest absolute Gasteiger partial charge is 0.254 e. The summed E-state index contributed by atoms with van der Waals surface area (Å²) in [5.74, 6) is 0.153. The van der Waals surface area contributed by atoms with Gasteiger partial charge in [0.1, 0.15) is 0 Å². The summed E-state index contributed by atoms with van der Waals surface area (Å²) in [6.07, 6.45) is 2.98. The van der Waals surface area contributed by atoms with Crippen molar-refractivity contribution in [3.8, 4) is 0 Å². The molecule has 1 aromatic rings. The molecule has 2 aliphatic rings. The maximum Gasteiger partial charge on any atom is 0.254 e. The van der Waals surface area contributed by atoms with Crippen molar-refractivity contribution in [3.05, 3.63) is 42.0 Å². The Morgan fingerprint density at radius 3 is 2.85 bits per heavy atom. The molecule has 1 saturated heterocycles. The Bertz CT molecular complexity index is 518. The van der Waals surface area contributed by atoms with Crippen LogP contribution in [0.4, 0.5) is 5.69 Å². The van der Waals surface area contributed by atoms with Crippen molar-refractivity contribution in [1.29, 1.82) is 0 Å². The third-order valence-corrected chi connectivity index (χ3v) is 4.11. The molecule has 2 aliphatic heterocycles. The lowest BCUT2D eigenvalue weighted by atomic mass is 10.1. The van der Waals surface area contributed by atoms with Crippen LogP contribution in [0, 0.1) is 0 Å². The molecule has 0 unspecified atom stereocenters. The standard InChI is InChI=1S/C16H21N3O/c1-2-7-18-8-10-19(11-9-18)16(20)14-4-3-13-5-6-17-15(13)12-14/h2-4,12,17H,1,5-11H2. The number of nitrogens with one attached hydrogen (secondary N) is 1. The number of fused-ring (bicyclic) bond motifs is 1. The molecule has 0 radical (unpaired) electrons. The zero-order chi connectivity index (χ0) is 13.9. The van der Waals surface area contributed by atoms with E-state index in [2.05, 4.69) is 22.9 Å². The van der Waals surface area contributed by atoms with E-state index in [-0.39, 0.29) is 5.91 Å². The largest absolute Gasteiger partial charge is 0.384 e. The van der Waals surface area contributed by atoms with Gasteiger partial charge in [-0.15, -0.1) is 6.58 Å². The summed E-state index contributed by atoms with van der Waals surface area (Å²) in [6, 6.07) is 6.04. The van der Waals surface area contributed by atoms with E-state index < -0.39 is 0 Å². The Balaban J connectivity index is 1.66.